The minimum atomic E-state index is -1.22. The largest absolute Gasteiger partial charge is 0.466 e. The Morgan fingerprint density at radius 1 is 0.395 bits per heavy atom. The molecule has 0 aromatic heterocycles. The maximum Gasteiger partial charge on any atom is 0.407 e. The third-order valence-electron chi connectivity index (χ3n) is 23.9. The van der Waals surface area contributed by atoms with Crippen LogP contribution in [0.25, 0.3) is 0 Å². The number of rotatable bonds is 74. The van der Waals surface area contributed by atoms with Gasteiger partial charge in [-0.3, -0.25) is 38.4 Å². The van der Waals surface area contributed by atoms with E-state index in [1.807, 2.05) is 4.90 Å². The highest BCUT2D eigenvalue weighted by molar-refractivity contribution is 8.76. The average molecular weight is 1810 g/mol. The lowest BCUT2D eigenvalue weighted by Gasteiger charge is -2.40. The first-order valence-corrected chi connectivity index (χ1v) is 48.9. The summed E-state index contributed by atoms with van der Waals surface area (Å²) in [5, 5.41) is 98.3. The molecular formula is C89H158N4O29S2. The number of ether oxygens (including phenoxy) is 11. The van der Waals surface area contributed by atoms with Crippen molar-refractivity contribution in [3.8, 4) is 0 Å². The number of nitrogens with zero attached hydrogens (tertiary/aromatic N) is 1. The monoisotopic (exact) mass is 1810 g/mol. The molecule has 4 amide bonds. The third-order valence-corrected chi connectivity index (χ3v) is 26.4. The highest BCUT2D eigenvalue weighted by Gasteiger charge is 2.45. The van der Waals surface area contributed by atoms with E-state index in [0.29, 0.717) is 180 Å². The standard InChI is InChI=1S/C89H158N4O29S2/c1-63-79(105)82(108)71(59-94)120-85(63)116-49-26-34-67(97)32-16-9-6-14-24-47-92-88(111)119-48-25-15-21-42-89(57-69(99)41-55-124-123-54-29-35-68(98)33-19-20-38-76(102)93-58-70(113-5)56-66(93)62-112-4,43-30-52-114-77(103)39-17-10-7-12-22-45-90-74(100)36-27-50-117-86-64(2)80(106)83(109)72(60-95)121-86)44-31-53-115-78(104)40-18-11-8-13-23-46-91-75(101)37-28-51-118-87-65(3)81(107)84(110)73(61-96)122-87/h63-66,70-73,79-87,94-96,105-110H,6-62H2,1-5H3,(H,90,100)(H,91,101)(H,92,111)/t63?,64?,65?,66-,70+,71?,72?,73?,79?,80?,81?,82?,83?,84?,85?,86?,87?,89?/m1/s1. The lowest BCUT2D eigenvalue weighted by Crippen LogP contribution is -2.55. The van der Waals surface area contributed by atoms with Crippen LogP contribution in [0.15, 0.2) is 0 Å². The van der Waals surface area contributed by atoms with Crippen LogP contribution in [0.5, 0.6) is 0 Å². The van der Waals surface area contributed by atoms with E-state index in [4.69, 9.17) is 52.1 Å². The van der Waals surface area contributed by atoms with Crippen LogP contribution in [0.2, 0.25) is 0 Å². The molecule has 12 N–H and O–H groups in total. The van der Waals surface area contributed by atoms with E-state index < -0.39 is 123 Å². The van der Waals surface area contributed by atoms with Crippen LogP contribution in [0.1, 0.15) is 284 Å². The van der Waals surface area contributed by atoms with Crippen molar-refractivity contribution in [1.82, 2.24) is 20.9 Å². The summed E-state index contributed by atoms with van der Waals surface area (Å²) in [5.74, 6) is -0.679. The second-order valence-electron chi connectivity index (χ2n) is 34.1. The van der Waals surface area contributed by atoms with Crippen molar-refractivity contribution in [1.29, 1.82) is 0 Å². The van der Waals surface area contributed by atoms with Gasteiger partial charge in [0, 0.05) is 140 Å². The Hall–Kier alpha value is -4.35. The Morgan fingerprint density at radius 3 is 1.25 bits per heavy atom. The second kappa shape index (κ2) is 67.8. The summed E-state index contributed by atoms with van der Waals surface area (Å²) < 4.78 is 62.0. The van der Waals surface area contributed by atoms with Crippen molar-refractivity contribution in [3.63, 3.8) is 0 Å². The number of carbonyl (C=O) groups excluding carboxylic acids is 9. The van der Waals surface area contributed by atoms with E-state index in [1.165, 1.54) is 0 Å². The highest BCUT2D eigenvalue weighted by Crippen LogP contribution is 2.41. The first-order valence-electron chi connectivity index (χ1n) is 46.4. The second-order valence-corrected chi connectivity index (χ2v) is 36.8. The summed E-state index contributed by atoms with van der Waals surface area (Å²) in [6.07, 6.45) is 11.4. The number of carbonyl (C=O) groups is 9. The summed E-state index contributed by atoms with van der Waals surface area (Å²) in [6, 6.07) is -0.0139. The Labute approximate surface area is 744 Å². The summed E-state index contributed by atoms with van der Waals surface area (Å²) in [7, 11) is 6.51. The van der Waals surface area contributed by atoms with Crippen molar-refractivity contribution < 1.29 is 141 Å². The van der Waals surface area contributed by atoms with Crippen molar-refractivity contribution >= 4 is 74.7 Å². The lowest BCUT2D eigenvalue weighted by molar-refractivity contribution is -0.282. The van der Waals surface area contributed by atoms with Gasteiger partial charge in [0.05, 0.1) is 96.5 Å². The zero-order valence-corrected chi connectivity index (χ0v) is 76.7. The molecule has 33 nitrogen and oxygen atoms in total. The van der Waals surface area contributed by atoms with Gasteiger partial charge in [-0.25, -0.2) is 4.79 Å². The maximum atomic E-state index is 14.3. The van der Waals surface area contributed by atoms with Gasteiger partial charge in [-0.1, -0.05) is 113 Å². The smallest absolute Gasteiger partial charge is 0.407 e. The molecule has 4 saturated heterocycles. The fourth-order valence-corrected chi connectivity index (χ4v) is 18.2. The topological polar surface area (TPSA) is 477 Å². The Kier molecular flexibility index (Phi) is 61.2. The summed E-state index contributed by atoms with van der Waals surface area (Å²) in [6.45, 7) is 7.24. The van der Waals surface area contributed by atoms with E-state index in [0.717, 1.165) is 95.6 Å². The number of aliphatic hydroxyl groups excluding tert-OH is 9. The van der Waals surface area contributed by atoms with Gasteiger partial charge in [0.2, 0.25) is 17.7 Å². The molecule has 124 heavy (non-hydrogen) atoms. The molecular weight excluding hydrogens is 1650 g/mol. The van der Waals surface area contributed by atoms with Crippen LogP contribution in [-0.4, -0.2) is 308 Å². The van der Waals surface area contributed by atoms with Gasteiger partial charge in [-0.05, 0) is 127 Å². The zero-order valence-electron chi connectivity index (χ0n) is 75.1. The van der Waals surface area contributed by atoms with Gasteiger partial charge in [-0.15, -0.1) is 0 Å². The molecule has 4 rings (SSSR count). The number of nitrogens with one attached hydrogen (secondary N) is 3. The van der Waals surface area contributed by atoms with Gasteiger partial charge >= 0.3 is 18.0 Å². The Balaban J connectivity index is 1.24. The molecule has 4 aliphatic rings. The van der Waals surface area contributed by atoms with E-state index in [-0.39, 0.29) is 131 Å². The molecule has 17 atom stereocenters. The molecule has 0 aromatic carbocycles. The van der Waals surface area contributed by atoms with E-state index in [9.17, 15) is 89.1 Å². The van der Waals surface area contributed by atoms with Gasteiger partial charge in [0.15, 0.2) is 18.9 Å². The molecule has 35 heteroatoms. The number of likely N-dealkylation sites (tertiary alicyclic amines) is 1. The molecule has 15 unspecified atom stereocenters. The predicted octanol–water partition coefficient (Wildman–Crippen LogP) is 8.25. The van der Waals surface area contributed by atoms with E-state index in [1.54, 1.807) is 56.6 Å². The van der Waals surface area contributed by atoms with Crippen LogP contribution >= 0.6 is 21.6 Å². The quantitative estimate of drug-likeness (QED) is 0.0118. The molecule has 4 heterocycles. The average Bonchev–Trinajstić information content (AvgIpc) is 1.09. The summed E-state index contributed by atoms with van der Waals surface area (Å²) in [5.41, 5.74) is -0.535. The van der Waals surface area contributed by atoms with Crippen molar-refractivity contribution in [2.45, 2.75) is 370 Å². The predicted molar refractivity (Wildman–Crippen MR) is 466 cm³/mol. The zero-order chi connectivity index (χ0) is 90.7. The normalized spacial score (nSPS) is 25.0. The number of hydrogen-bond donors (Lipinski definition) is 12. The molecule has 0 aliphatic carbocycles. The maximum absolute atomic E-state index is 14.3. The van der Waals surface area contributed by atoms with Crippen molar-refractivity contribution in [2.75, 3.05) is 118 Å². The van der Waals surface area contributed by atoms with Crippen molar-refractivity contribution in [2.24, 2.45) is 23.2 Å². The molecule has 0 radical (unpaired) electrons. The molecule has 4 fully saturated rings. The molecule has 0 saturated carbocycles. The summed E-state index contributed by atoms with van der Waals surface area (Å²) >= 11 is 0. The first kappa shape index (κ1) is 112. The molecule has 0 spiro atoms. The fourth-order valence-electron chi connectivity index (χ4n) is 16.1. The van der Waals surface area contributed by atoms with Crippen LogP contribution in [0, 0.1) is 23.2 Å². The first-order chi connectivity index (χ1) is 59.8. The number of esters is 2. The number of amides is 4. The number of methoxy groups -OCH3 is 2. The molecule has 0 bridgehead atoms. The van der Waals surface area contributed by atoms with Gasteiger partial charge < -0.3 is 119 Å². The third kappa shape index (κ3) is 47.0. The molecule has 0 aromatic rings. The van der Waals surface area contributed by atoms with Gasteiger partial charge in [-0.2, -0.15) is 0 Å². The Morgan fingerprint density at radius 2 is 0.782 bits per heavy atom. The van der Waals surface area contributed by atoms with Crippen molar-refractivity contribution in [3.05, 3.63) is 0 Å². The Bertz CT molecular complexity index is 2820. The molecule has 720 valence electrons. The number of aliphatic hydroxyl groups is 9. The minimum Gasteiger partial charge on any atom is -0.466 e. The number of hydrogen-bond acceptors (Lipinski definition) is 31. The number of ketones is 3. The van der Waals surface area contributed by atoms with Crippen LogP contribution in [0.4, 0.5) is 4.79 Å². The summed E-state index contributed by atoms with van der Waals surface area (Å²) in [4.78, 5) is 119. The van der Waals surface area contributed by atoms with Crippen LogP contribution in [-0.2, 0) is 90.5 Å². The highest BCUT2D eigenvalue weighted by atomic mass is 33.1. The van der Waals surface area contributed by atoms with E-state index >= 15 is 0 Å². The number of alkyl carbamates (subject to hydrolysis) is 1. The van der Waals surface area contributed by atoms with E-state index in [2.05, 4.69) is 16.0 Å². The van der Waals surface area contributed by atoms with Crippen LogP contribution in [0.3, 0.4) is 0 Å². The van der Waals surface area contributed by atoms with Crippen LogP contribution < -0.4 is 16.0 Å². The fraction of sp³-hybridized carbons (Fsp3) is 0.899. The van der Waals surface area contributed by atoms with Gasteiger partial charge in [0.25, 0.3) is 0 Å². The number of unbranched alkanes of at least 4 members (excludes halogenated alkanes) is 15. The molecule has 4 aliphatic heterocycles. The lowest BCUT2D eigenvalue weighted by atomic mass is 9.71. The minimum absolute atomic E-state index is 0.0123. The SMILES string of the molecule is COC[C@H]1C[C@H](OC)CN1C(=O)CCCCC(=O)CCCSSCCC(=O)CC(CCCCCOC(=O)NCCCCCCCC(=O)CCCOC1OC(CO)C(O)C(O)C1C)(CCCOC(=O)CCCCCCCNC(=O)CCCOC1OC(CO)C(O)C(O)C1C)CCCOC(=O)CCCCCCCNC(=O)CCCOC1OC(CO)C(O)C(O)C1C. The number of Topliss-reactive ketones (excluding diaryl/α,β-unsaturated/α-hetero) is 3. The van der Waals surface area contributed by atoms with Gasteiger partial charge in [0.1, 0.15) is 54.0 Å².